The first-order valence-electron chi connectivity index (χ1n) is 6.40. The van der Waals surface area contributed by atoms with Crippen molar-refractivity contribution in [1.29, 1.82) is 0 Å². The van der Waals surface area contributed by atoms with Gasteiger partial charge >= 0.3 is 0 Å². The van der Waals surface area contributed by atoms with Crippen LogP contribution in [0, 0.1) is 5.41 Å². The normalized spacial score (nSPS) is 24.7. The van der Waals surface area contributed by atoms with Gasteiger partial charge < -0.3 is 4.90 Å². The SMILES string of the molecule is CN1C(=O)[C@@H](Cc2ccccc2)[N][C@H]1C(C)(C)C. The van der Waals surface area contributed by atoms with Gasteiger partial charge in [0.1, 0.15) is 12.2 Å². The lowest BCUT2D eigenvalue weighted by Crippen LogP contribution is -2.42. The number of benzene rings is 1. The quantitative estimate of drug-likeness (QED) is 0.785. The number of rotatable bonds is 2. The third kappa shape index (κ3) is 2.56. The molecular formula is C15H21N2O. The van der Waals surface area contributed by atoms with Crippen LogP contribution in [-0.2, 0) is 11.2 Å². The second-order valence-corrected chi connectivity index (χ2v) is 6.04. The van der Waals surface area contributed by atoms with Crippen molar-refractivity contribution in [3.63, 3.8) is 0 Å². The summed E-state index contributed by atoms with van der Waals surface area (Å²) in [7, 11) is 1.85. The third-order valence-corrected chi connectivity index (χ3v) is 3.37. The highest BCUT2D eigenvalue weighted by molar-refractivity contribution is 5.84. The topological polar surface area (TPSA) is 34.4 Å². The fourth-order valence-corrected chi connectivity index (χ4v) is 2.47. The van der Waals surface area contributed by atoms with Crippen molar-refractivity contribution < 1.29 is 4.79 Å². The molecule has 0 unspecified atom stereocenters. The maximum absolute atomic E-state index is 12.2. The molecule has 1 aliphatic heterocycles. The monoisotopic (exact) mass is 245 g/mol. The van der Waals surface area contributed by atoms with Crippen LogP contribution in [0.4, 0.5) is 0 Å². The number of nitrogens with zero attached hydrogens (tertiary/aromatic N) is 2. The van der Waals surface area contributed by atoms with Crippen LogP contribution in [0.15, 0.2) is 30.3 Å². The number of carbonyl (C=O) groups excluding carboxylic acids is 1. The Labute approximate surface area is 109 Å². The van der Waals surface area contributed by atoms with E-state index in [1.54, 1.807) is 4.90 Å². The van der Waals surface area contributed by atoms with Crippen molar-refractivity contribution >= 4 is 5.91 Å². The molecule has 1 aromatic carbocycles. The summed E-state index contributed by atoms with van der Waals surface area (Å²) in [5, 5.41) is 4.69. The molecule has 2 rings (SSSR count). The van der Waals surface area contributed by atoms with Crippen molar-refractivity contribution in [2.24, 2.45) is 5.41 Å². The first kappa shape index (κ1) is 13.1. The maximum Gasteiger partial charge on any atom is 0.242 e. The van der Waals surface area contributed by atoms with Gasteiger partial charge in [-0.15, -0.1) is 0 Å². The largest absolute Gasteiger partial charge is 0.327 e. The summed E-state index contributed by atoms with van der Waals surface area (Å²) in [6.45, 7) is 6.36. The number of amides is 1. The summed E-state index contributed by atoms with van der Waals surface area (Å²) in [6, 6.07) is 9.86. The first-order valence-corrected chi connectivity index (χ1v) is 6.40. The highest BCUT2D eigenvalue weighted by Crippen LogP contribution is 2.28. The van der Waals surface area contributed by atoms with Crippen molar-refractivity contribution in [3.8, 4) is 0 Å². The van der Waals surface area contributed by atoms with E-state index in [0.717, 1.165) is 0 Å². The van der Waals surface area contributed by atoms with Gasteiger partial charge in [-0.1, -0.05) is 51.1 Å². The summed E-state index contributed by atoms with van der Waals surface area (Å²) >= 11 is 0. The Morgan fingerprint density at radius 3 is 2.33 bits per heavy atom. The van der Waals surface area contributed by atoms with Gasteiger partial charge in [0.15, 0.2) is 0 Å². The summed E-state index contributed by atoms with van der Waals surface area (Å²) in [6.07, 6.45) is 0.690. The lowest BCUT2D eigenvalue weighted by atomic mass is 9.92. The fourth-order valence-electron chi connectivity index (χ4n) is 2.47. The van der Waals surface area contributed by atoms with Crippen LogP contribution in [0.25, 0.3) is 0 Å². The van der Waals surface area contributed by atoms with Crippen molar-refractivity contribution in [2.45, 2.75) is 39.4 Å². The Bertz CT molecular complexity index is 422. The zero-order valence-corrected chi connectivity index (χ0v) is 11.6. The Morgan fingerprint density at radius 1 is 1.22 bits per heavy atom. The smallest absolute Gasteiger partial charge is 0.242 e. The molecule has 0 spiro atoms. The first-order chi connectivity index (χ1) is 8.39. The van der Waals surface area contributed by atoms with Crippen molar-refractivity contribution in [3.05, 3.63) is 35.9 Å². The van der Waals surface area contributed by atoms with Gasteiger partial charge in [0, 0.05) is 7.05 Å². The molecule has 2 atom stereocenters. The molecule has 0 aromatic heterocycles. The van der Waals surface area contributed by atoms with Gasteiger partial charge in [0.25, 0.3) is 0 Å². The molecule has 1 saturated heterocycles. The Hall–Kier alpha value is -1.35. The predicted octanol–water partition coefficient (Wildman–Crippen LogP) is 2.05. The number of hydrogen-bond acceptors (Lipinski definition) is 1. The van der Waals surface area contributed by atoms with Gasteiger partial charge in [-0.3, -0.25) is 4.79 Å². The summed E-state index contributed by atoms with van der Waals surface area (Å²) in [5.74, 6) is 0.138. The third-order valence-electron chi connectivity index (χ3n) is 3.37. The van der Waals surface area contributed by atoms with E-state index in [9.17, 15) is 4.79 Å². The molecule has 1 aromatic rings. The molecule has 0 bridgehead atoms. The molecule has 97 valence electrons. The molecule has 1 radical (unpaired) electrons. The molecular weight excluding hydrogens is 224 g/mol. The molecule has 1 aliphatic rings. The summed E-state index contributed by atoms with van der Waals surface area (Å²) in [4.78, 5) is 14.0. The van der Waals surface area contributed by atoms with E-state index in [4.69, 9.17) is 5.32 Å². The van der Waals surface area contributed by atoms with Crippen LogP contribution < -0.4 is 5.32 Å². The molecule has 1 heterocycles. The Morgan fingerprint density at radius 2 is 1.83 bits per heavy atom. The van der Waals surface area contributed by atoms with Crippen LogP contribution in [0.2, 0.25) is 0 Å². The van der Waals surface area contributed by atoms with E-state index in [2.05, 4.69) is 20.8 Å². The average Bonchev–Trinajstić information content (AvgIpc) is 2.58. The molecule has 0 N–H and O–H groups in total. The average molecular weight is 245 g/mol. The van der Waals surface area contributed by atoms with E-state index >= 15 is 0 Å². The molecule has 18 heavy (non-hydrogen) atoms. The van der Waals surface area contributed by atoms with Gasteiger partial charge in [-0.25, -0.2) is 5.32 Å². The zero-order chi connectivity index (χ0) is 13.3. The highest BCUT2D eigenvalue weighted by atomic mass is 16.2. The second-order valence-electron chi connectivity index (χ2n) is 6.04. The Kier molecular flexibility index (Phi) is 3.44. The minimum atomic E-state index is -0.221. The van der Waals surface area contributed by atoms with E-state index in [0.29, 0.717) is 6.42 Å². The van der Waals surface area contributed by atoms with Crippen LogP contribution in [0.3, 0.4) is 0 Å². The van der Waals surface area contributed by atoms with Gasteiger partial charge in [-0.2, -0.15) is 0 Å². The number of carbonyl (C=O) groups is 1. The lowest BCUT2D eigenvalue weighted by Gasteiger charge is -2.31. The van der Waals surface area contributed by atoms with Crippen molar-refractivity contribution in [2.75, 3.05) is 7.05 Å². The summed E-state index contributed by atoms with van der Waals surface area (Å²) < 4.78 is 0. The lowest BCUT2D eigenvalue weighted by molar-refractivity contribution is -0.129. The maximum atomic E-state index is 12.2. The standard InChI is InChI=1S/C15H21N2O/c1-15(2,3)14-16-12(13(18)17(14)4)10-11-8-6-5-7-9-11/h5-9,12,14H,10H2,1-4H3/t12-,14-/m1/s1. The second kappa shape index (κ2) is 4.73. The van der Waals surface area contributed by atoms with Crippen LogP contribution in [0.1, 0.15) is 26.3 Å². The molecule has 1 amide bonds. The van der Waals surface area contributed by atoms with E-state index in [1.807, 2.05) is 37.4 Å². The highest BCUT2D eigenvalue weighted by Gasteiger charge is 2.43. The fraction of sp³-hybridized carbons (Fsp3) is 0.533. The zero-order valence-electron chi connectivity index (χ0n) is 11.6. The van der Waals surface area contributed by atoms with E-state index < -0.39 is 0 Å². The minimum absolute atomic E-state index is 0.00412. The van der Waals surface area contributed by atoms with Crippen LogP contribution in [0.5, 0.6) is 0 Å². The molecule has 1 fully saturated rings. The van der Waals surface area contributed by atoms with Crippen LogP contribution in [-0.4, -0.2) is 30.1 Å². The van der Waals surface area contributed by atoms with Crippen LogP contribution >= 0.6 is 0 Å². The molecule has 0 saturated carbocycles. The van der Waals surface area contributed by atoms with Gasteiger partial charge in [0.2, 0.25) is 5.91 Å². The predicted molar refractivity (Wildman–Crippen MR) is 72.1 cm³/mol. The van der Waals surface area contributed by atoms with Gasteiger partial charge in [0.05, 0.1) is 0 Å². The minimum Gasteiger partial charge on any atom is -0.327 e. The molecule has 0 aliphatic carbocycles. The van der Waals surface area contributed by atoms with Gasteiger partial charge in [-0.05, 0) is 17.4 Å². The van der Waals surface area contributed by atoms with E-state index in [1.165, 1.54) is 5.56 Å². The number of likely N-dealkylation sites (N-methyl/N-ethyl adjacent to an activating group) is 1. The molecule has 3 heteroatoms. The van der Waals surface area contributed by atoms with Crippen molar-refractivity contribution in [1.82, 2.24) is 10.2 Å². The Balaban J connectivity index is 2.10. The van der Waals surface area contributed by atoms with E-state index in [-0.39, 0.29) is 23.5 Å². The molecule has 3 nitrogen and oxygen atoms in total. The summed E-state index contributed by atoms with van der Waals surface area (Å²) in [5.41, 5.74) is 1.16. The number of hydrogen-bond donors (Lipinski definition) is 0.